The Kier molecular flexibility index (Phi) is 5.99. The van der Waals surface area contributed by atoms with Crippen LogP contribution in [0.5, 0.6) is 0 Å². The van der Waals surface area contributed by atoms with Gasteiger partial charge in [0.05, 0.1) is 16.6 Å². The molecular formula is C21H22BrN3O. The molecule has 134 valence electrons. The minimum Gasteiger partial charge on any atom is -0.267 e. The fourth-order valence-corrected chi connectivity index (χ4v) is 3.13. The highest BCUT2D eigenvalue weighted by Crippen LogP contribution is 2.13. The SMILES string of the molecule is CCCCCc1nc2ccccc2c(=O)n1N=C(C)c1ccc(Br)cc1. The summed E-state index contributed by atoms with van der Waals surface area (Å²) >= 11 is 3.44. The predicted octanol–water partition coefficient (Wildman–Crippen LogP) is 5.16. The van der Waals surface area contributed by atoms with Crippen molar-refractivity contribution in [2.45, 2.75) is 39.5 Å². The lowest BCUT2D eigenvalue weighted by Crippen LogP contribution is -2.23. The Hall–Kier alpha value is -2.27. The number of para-hydroxylation sites is 1. The van der Waals surface area contributed by atoms with Gasteiger partial charge in [-0.05, 0) is 43.2 Å². The molecule has 3 rings (SSSR count). The fraction of sp³-hybridized carbons (Fsp3) is 0.286. The van der Waals surface area contributed by atoms with Crippen LogP contribution >= 0.6 is 15.9 Å². The van der Waals surface area contributed by atoms with Gasteiger partial charge in [0.15, 0.2) is 0 Å². The maximum atomic E-state index is 13.0. The molecule has 1 aromatic heterocycles. The van der Waals surface area contributed by atoms with E-state index in [9.17, 15) is 4.79 Å². The average Bonchev–Trinajstić information content (AvgIpc) is 2.65. The molecule has 0 amide bonds. The smallest absolute Gasteiger partial charge is 0.267 e. The van der Waals surface area contributed by atoms with Crippen molar-refractivity contribution in [3.05, 3.63) is 74.7 Å². The molecule has 4 nitrogen and oxygen atoms in total. The summed E-state index contributed by atoms with van der Waals surface area (Å²) in [7, 11) is 0. The van der Waals surface area contributed by atoms with Crippen molar-refractivity contribution in [2.75, 3.05) is 0 Å². The molecule has 0 N–H and O–H groups in total. The molecular weight excluding hydrogens is 390 g/mol. The standard InChI is InChI=1S/C21H22BrN3O/c1-3-4-5-10-20-23-19-9-7-6-8-18(19)21(26)25(20)24-15(2)16-11-13-17(22)14-12-16/h6-9,11-14H,3-5,10H2,1-2H3. The Morgan fingerprint density at radius 3 is 2.58 bits per heavy atom. The number of nitrogens with zero attached hydrogens (tertiary/aromatic N) is 3. The van der Waals surface area contributed by atoms with Crippen LogP contribution in [0.2, 0.25) is 0 Å². The first-order valence-electron chi connectivity index (χ1n) is 8.92. The van der Waals surface area contributed by atoms with Crippen molar-refractivity contribution >= 4 is 32.5 Å². The van der Waals surface area contributed by atoms with Crippen molar-refractivity contribution in [3.63, 3.8) is 0 Å². The lowest BCUT2D eigenvalue weighted by molar-refractivity contribution is 0.647. The molecule has 0 bridgehead atoms. The van der Waals surface area contributed by atoms with Gasteiger partial charge in [0.1, 0.15) is 5.82 Å². The summed E-state index contributed by atoms with van der Waals surface area (Å²) < 4.78 is 2.49. The van der Waals surface area contributed by atoms with Gasteiger partial charge in [0.25, 0.3) is 5.56 Å². The number of aromatic nitrogens is 2. The summed E-state index contributed by atoms with van der Waals surface area (Å²) in [5, 5.41) is 5.23. The summed E-state index contributed by atoms with van der Waals surface area (Å²) in [4.78, 5) is 17.7. The Labute approximate surface area is 161 Å². The van der Waals surface area contributed by atoms with Crippen LogP contribution in [0, 0.1) is 0 Å². The van der Waals surface area contributed by atoms with Crippen LogP contribution < -0.4 is 5.56 Å². The maximum Gasteiger partial charge on any atom is 0.282 e. The van der Waals surface area contributed by atoms with Gasteiger partial charge in [-0.2, -0.15) is 9.78 Å². The van der Waals surface area contributed by atoms with Crippen molar-refractivity contribution in [3.8, 4) is 0 Å². The second kappa shape index (κ2) is 8.41. The Morgan fingerprint density at radius 1 is 1.12 bits per heavy atom. The van der Waals surface area contributed by atoms with E-state index in [-0.39, 0.29) is 5.56 Å². The number of fused-ring (bicyclic) bond motifs is 1. The zero-order chi connectivity index (χ0) is 18.5. The van der Waals surface area contributed by atoms with E-state index in [1.807, 2.05) is 55.5 Å². The summed E-state index contributed by atoms with van der Waals surface area (Å²) in [6.45, 7) is 4.08. The second-order valence-corrected chi connectivity index (χ2v) is 7.23. The first-order valence-corrected chi connectivity index (χ1v) is 9.71. The Morgan fingerprint density at radius 2 is 1.85 bits per heavy atom. The third kappa shape index (κ3) is 4.10. The molecule has 0 saturated carbocycles. The molecule has 0 saturated heterocycles. The lowest BCUT2D eigenvalue weighted by Gasteiger charge is -2.10. The van der Waals surface area contributed by atoms with Crippen molar-refractivity contribution in [1.29, 1.82) is 0 Å². The van der Waals surface area contributed by atoms with Gasteiger partial charge in [-0.1, -0.05) is 60.0 Å². The van der Waals surface area contributed by atoms with Crippen LogP contribution in [0.25, 0.3) is 10.9 Å². The number of benzene rings is 2. The second-order valence-electron chi connectivity index (χ2n) is 6.31. The predicted molar refractivity (Wildman–Crippen MR) is 111 cm³/mol. The van der Waals surface area contributed by atoms with Crippen LogP contribution in [-0.4, -0.2) is 15.4 Å². The van der Waals surface area contributed by atoms with Gasteiger partial charge in [0, 0.05) is 10.9 Å². The summed E-state index contributed by atoms with van der Waals surface area (Å²) in [6.07, 6.45) is 3.97. The van der Waals surface area contributed by atoms with Crippen LogP contribution in [0.3, 0.4) is 0 Å². The van der Waals surface area contributed by atoms with E-state index in [4.69, 9.17) is 4.98 Å². The van der Waals surface area contributed by atoms with Crippen molar-refractivity contribution < 1.29 is 0 Å². The molecule has 0 unspecified atom stereocenters. The third-order valence-electron chi connectivity index (χ3n) is 4.34. The molecule has 0 fully saturated rings. The Balaban J connectivity index is 2.10. The van der Waals surface area contributed by atoms with E-state index in [0.717, 1.165) is 52.8 Å². The number of unbranched alkanes of at least 4 members (excludes halogenated alkanes) is 2. The van der Waals surface area contributed by atoms with E-state index in [0.29, 0.717) is 5.39 Å². The molecule has 3 aromatic rings. The molecule has 26 heavy (non-hydrogen) atoms. The van der Waals surface area contributed by atoms with E-state index < -0.39 is 0 Å². The molecule has 0 aliphatic heterocycles. The number of halogens is 1. The summed E-state index contributed by atoms with van der Waals surface area (Å²) in [6, 6.07) is 15.4. The van der Waals surface area contributed by atoms with Crippen LogP contribution in [0.4, 0.5) is 0 Å². The third-order valence-corrected chi connectivity index (χ3v) is 4.87. The van der Waals surface area contributed by atoms with Gasteiger partial charge in [-0.25, -0.2) is 4.98 Å². The van der Waals surface area contributed by atoms with Gasteiger partial charge in [0.2, 0.25) is 0 Å². The van der Waals surface area contributed by atoms with Gasteiger partial charge in [-0.3, -0.25) is 4.79 Å². The molecule has 0 spiro atoms. The number of hydrogen-bond donors (Lipinski definition) is 0. The van der Waals surface area contributed by atoms with Crippen LogP contribution in [0.1, 0.15) is 44.5 Å². The van der Waals surface area contributed by atoms with Gasteiger partial charge < -0.3 is 0 Å². The average molecular weight is 412 g/mol. The zero-order valence-electron chi connectivity index (χ0n) is 15.1. The minimum absolute atomic E-state index is 0.112. The first-order chi connectivity index (χ1) is 12.6. The summed E-state index contributed by atoms with van der Waals surface area (Å²) in [5.41, 5.74) is 2.39. The first kappa shape index (κ1) is 18.5. The monoisotopic (exact) mass is 411 g/mol. The number of hydrogen-bond acceptors (Lipinski definition) is 3. The highest BCUT2D eigenvalue weighted by molar-refractivity contribution is 9.10. The van der Waals surface area contributed by atoms with Crippen LogP contribution in [-0.2, 0) is 6.42 Å². The fourth-order valence-electron chi connectivity index (χ4n) is 2.87. The van der Waals surface area contributed by atoms with E-state index >= 15 is 0 Å². The largest absolute Gasteiger partial charge is 0.282 e. The van der Waals surface area contributed by atoms with Gasteiger partial charge >= 0.3 is 0 Å². The molecule has 0 aliphatic carbocycles. The van der Waals surface area contributed by atoms with E-state index in [2.05, 4.69) is 28.0 Å². The maximum absolute atomic E-state index is 13.0. The molecule has 2 aromatic carbocycles. The highest BCUT2D eigenvalue weighted by atomic mass is 79.9. The molecule has 1 heterocycles. The van der Waals surface area contributed by atoms with E-state index in [1.165, 1.54) is 4.68 Å². The number of aryl methyl sites for hydroxylation is 1. The van der Waals surface area contributed by atoms with E-state index in [1.54, 1.807) is 0 Å². The molecule has 0 radical (unpaired) electrons. The minimum atomic E-state index is -0.112. The molecule has 5 heteroatoms. The molecule has 0 aliphatic rings. The summed E-state index contributed by atoms with van der Waals surface area (Å²) in [5.74, 6) is 0.721. The van der Waals surface area contributed by atoms with Crippen LogP contribution in [0.15, 0.2) is 62.9 Å². The Bertz CT molecular complexity index is 990. The van der Waals surface area contributed by atoms with Gasteiger partial charge in [-0.15, -0.1) is 0 Å². The quantitative estimate of drug-likeness (QED) is 0.415. The zero-order valence-corrected chi connectivity index (χ0v) is 16.7. The van der Waals surface area contributed by atoms with Crippen molar-refractivity contribution in [1.82, 2.24) is 9.66 Å². The van der Waals surface area contributed by atoms with Crippen molar-refractivity contribution in [2.24, 2.45) is 5.10 Å². The molecule has 0 atom stereocenters. The topological polar surface area (TPSA) is 47.2 Å². The highest BCUT2D eigenvalue weighted by Gasteiger charge is 2.11. The normalized spacial score (nSPS) is 11.9. The number of rotatable bonds is 6. The lowest BCUT2D eigenvalue weighted by atomic mass is 10.1.